The molecule has 0 aromatic heterocycles. The summed E-state index contributed by atoms with van der Waals surface area (Å²) < 4.78 is 19.1. The Kier molecular flexibility index (Phi) is 4.54. The third kappa shape index (κ3) is 3.50. The number of nitrogens with two attached hydrogens (primary N) is 1. The lowest BCUT2D eigenvalue weighted by Gasteiger charge is -2.27. The Morgan fingerprint density at radius 3 is 2.76 bits per heavy atom. The molecule has 1 aromatic rings. The third-order valence-corrected chi connectivity index (χ3v) is 4.08. The summed E-state index contributed by atoms with van der Waals surface area (Å²) in [7, 11) is 0. The maximum atomic E-state index is 13.0. The van der Waals surface area contributed by atoms with Crippen LogP contribution in [0, 0.1) is 11.7 Å². The molecule has 1 saturated heterocycles. The summed E-state index contributed by atoms with van der Waals surface area (Å²) in [4.78, 5) is 0. The van der Waals surface area contributed by atoms with E-state index in [1.807, 2.05) is 0 Å². The van der Waals surface area contributed by atoms with E-state index < -0.39 is 0 Å². The van der Waals surface area contributed by atoms with Crippen LogP contribution >= 0.6 is 15.9 Å². The molecule has 1 fully saturated rings. The molecule has 1 aromatic carbocycles. The van der Waals surface area contributed by atoms with Crippen LogP contribution in [0.4, 0.5) is 4.39 Å². The predicted molar refractivity (Wildman–Crippen MR) is 69.3 cm³/mol. The monoisotopic (exact) mass is 301 g/mol. The molecule has 1 heterocycles. The summed E-state index contributed by atoms with van der Waals surface area (Å²) in [6.45, 7) is 1.62. The van der Waals surface area contributed by atoms with Crippen molar-refractivity contribution in [2.24, 2.45) is 11.7 Å². The Bertz CT molecular complexity index is 380. The molecule has 94 valence electrons. The van der Waals surface area contributed by atoms with Crippen LogP contribution in [0.15, 0.2) is 22.7 Å². The number of hydrogen-bond donors (Lipinski definition) is 1. The van der Waals surface area contributed by atoms with E-state index in [9.17, 15) is 4.39 Å². The first-order valence-electron chi connectivity index (χ1n) is 5.94. The van der Waals surface area contributed by atoms with E-state index >= 15 is 0 Å². The van der Waals surface area contributed by atoms with E-state index in [1.54, 1.807) is 6.07 Å². The van der Waals surface area contributed by atoms with Gasteiger partial charge in [-0.3, -0.25) is 0 Å². The first-order chi connectivity index (χ1) is 8.16. The van der Waals surface area contributed by atoms with Crippen LogP contribution in [0.1, 0.15) is 18.4 Å². The van der Waals surface area contributed by atoms with Crippen LogP contribution < -0.4 is 5.73 Å². The third-order valence-electron chi connectivity index (χ3n) is 3.34. The van der Waals surface area contributed by atoms with Crippen molar-refractivity contribution in [3.63, 3.8) is 0 Å². The normalized spacial score (nSPS) is 19.2. The lowest BCUT2D eigenvalue weighted by molar-refractivity contribution is 0.0584. The minimum Gasteiger partial charge on any atom is -0.381 e. The fourth-order valence-electron chi connectivity index (χ4n) is 2.25. The van der Waals surface area contributed by atoms with E-state index in [0.29, 0.717) is 5.92 Å². The van der Waals surface area contributed by atoms with Crippen LogP contribution in [0.2, 0.25) is 0 Å². The van der Waals surface area contributed by atoms with Crippen LogP contribution in [0.5, 0.6) is 0 Å². The SMILES string of the molecule is NC(Cc1ccc(F)cc1Br)C1CCOCC1. The van der Waals surface area contributed by atoms with Crippen molar-refractivity contribution in [1.29, 1.82) is 0 Å². The molecule has 0 bridgehead atoms. The zero-order chi connectivity index (χ0) is 12.3. The van der Waals surface area contributed by atoms with Crippen LogP contribution in [0.25, 0.3) is 0 Å². The highest BCUT2D eigenvalue weighted by atomic mass is 79.9. The average Bonchev–Trinajstić information content (AvgIpc) is 2.34. The lowest BCUT2D eigenvalue weighted by atomic mass is 9.88. The molecule has 1 unspecified atom stereocenters. The molecule has 1 atom stereocenters. The highest BCUT2D eigenvalue weighted by Gasteiger charge is 2.21. The van der Waals surface area contributed by atoms with E-state index in [0.717, 1.165) is 42.5 Å². The molecule has 0 spiro atoms. The Morgan fingerprint density at radius 1 is 1.41 bits per heavy atom. The molecule has 1 aliphatic heterocycles. The fraction of sp³-hybridized carbons (Fsp3) is 0.538. The molecule has 0 radical (unpaired) electrons. The zero-order valence-corrected chi connectivity index (χ0v) is 11.2. The van der Waals surface area contributed by atoms with Crippen LogP contribution in [-0.4, -0.2) is 19.3 Å². The minimum atomic E-state index is -0.222. The summed E-state index contributed by atoms with van der Waals surface area (Å²) in [5.74, 6) is 0.293. The van der Waals surface area contributed by atoms with Gasteiger partial charge in [-0.05, 0) is 42.9 Å². The molecular weight excluding hydrogens is 285 g/mol. The fourth-order valence-corrected chi connectivity index (χ4v) is 2.76. The Hall–Kier alpha value is -0.450. The maximum Gasteiger partial charge on any atom is 0.124 e. The first-order valence-corrected chi connectivity index (χ1v) is 6.73. The summed E-state index contributed by atoms with van der Waals surface area (Å²) in [5.41, 5.74) is 7.29. The van der Waals surface area contributed by atoms with Gasteiger partial charge in [-0.2, -0.15) is 0 Å². The number of hydrogen-bond acceptors (Lipinski definition) is 2. The van der Waals surface area contributed by atoms with E-state index in [-0.39, 0.29) is 11.9 Å². The molecule has 17 heavy (non-hydrogen) atoms. The maximum absolute atomic E-state index is 13.0. The molecule has 0 saturated carbocycles. The summed E-state index contributed by atoms with van der Waals surface area (Å²) in [6, 6.07) is 4.90. The smallest absolute Gasteiger partial charge is 0.124 e. The lowest BCUT2D eigenvalue weighted by Crippen LogP contribution is -2.36. The quantitative estimate of drug-likeness (QED) is 0.932. The van der Waals surface area contributed by atoms with Gasteiger partial charge in [-0.1, -0.05) is 22.0 Å². The molecule has 2 N–H and O–H groups in total. The summed E-state index contributed by atoms with van der Waals surface area (Å²) in [6.07, 6.45) is 2.84. The van der Waals surface area contributed by atoms with Crippen molar-refractivity contribution < 1.29 is 9.13 Å². The number of rotatable bonds is 3. The molecule has 4 heteroatoms. The van der Waals surface area contributed by atoms with Gasteiger partial charge in [0.25, 0.3) is 0 Å². The Morgan fingerprint density at radius 2 is 2.12 bits per heavy atom. The topological polar surface area (TPSA) is 35.2 Å². The molecule has 0 aliphatic carbocycles. The van der Waals surface area contributed by atoms with Gasteiger partial charge in [0.2, 0.25) is 0 Å². The summed E-state index contributed by atoms with van der Waals surface area (Å²) >= 11 is 3.38. The Labute approximate surface area is 109 Å². The second-order valence-electron chi connectivity index (χ2n) is 4.55. The van der Waals surface area contributed by atoms with Crippen LogP contribution in [-0.2, 0) is 11.2 Å². The van der Waals surface area contributed by atoms with E-state index in [1.165, 1.54) is 12.1 Å². The molecular formula is C13H17BrFNO. The largest absolute Gasteiger partial charge is 0.381 e. The van der Waals surface area contributed by atoms with E-state index in [4.69, 9.17) is 10.5 Å². The molecule has 0 amide bonds. The van der Waals surface area contributed by atoms with Crippen LogP contribution in [0.3, 0.4) is 0 Å². The van der Waals surface area contributed by atoms with Gasteiger partial charge in [-0.15, -0.1) is 0 Å². The highest BCUT2D eigenvalue weighted by molar-refractivity contribution is 9.10. The first kappa shape index (κ1) is 13.0. The summed E-state index contributed by atoms with van der Waals surface area (Å²) in [5, 5.41) is 0. The van der Waals surface area contributed by atoms with Gasteiger partial charge in [0.1, 0.15) is 5.82 Å². The second kappa shape index (κ2) is 5.94. The Balaban J connectivity index is 1.99. The van der Waals surface area contributed by atoms with Gasteiger partial charge in [0, 0.05) is 23.7 Å². The molecule has 2 rings (SSSR count). The zero-order valence-electron chi connectivity index (χ0n) is 9.66. The van der Waals surface area contributed by atoms with Crippen molar-refractivity contribution in [3.05, 3.63) is 34.1 Å². The standard InChI is InChI=1S/C13H17BrFNO/c14-12-8-11(15)2-1-10(12)7-13(16)9-3-5-17-6-4-9/h1-2,8-9,13H,3-7,16H2. The predicted octanol–water partition coefficient (Wildman–Crippen LogP) is 2.88. The second-order valence-corrected chi connectivity index (χ2v) is 5.41. The van der Waals surface area contributed by atoms with E-state index in [2.05, 4.69) is 15.9 Å². The van der Waals surface area contributed by atoms with Crippen molar-refractivity contribution in [3.8, 4) is 0 Å². The minimum absolute atomic E-state index is 0.126. The van der Waals surface area contributed by atoms with Gasteiger partial charge in [0.05, 0.1) is 0 Å². The van der Waals surface area contributed by atoms with Gasteiger partial charge in [-0.25, -0.2) is 4.39 Å². The van der Waals surface area contributed by atoms with Crippen molar-refractivity contribution in [2.45, 2.75) is 25.3 Å². The van der Waals surface area contributed by atoms with Crippen molar-refractivity contribution >= 4 is 15.9 Å². The average molecular weight is 302 g/mol. The highest BCUT2D eigenvalue weighted by Crippen LogP contribution is 2.24. The van der Waals surface area contributed by atoms with Gasteiger partial charge in [0.15, 0.2) is 0 Å². The number of ether oxygens (including phenoxy) is 1. The number of halogens is 2. The van der Waals surface area contributed by atoms with Gasteiger partial charge < -0.3 is 10.5 Å². The molecule has 1 aliphatic rings. The number of benzene rings is 1. The van der Waals surface area contributed by atoms with Gasteiger partial charge >= 0.3 is 0 Å². The molecule has 2 nitrogen and oxygen atoms in total. The van der Waals surface area contributed by atoms with Crippen molar-refractivity contribution in [1.82, 2.24) is 0 Å². The van der Waals surface area contributed by atoms with Crippen molar-refractivity contribution in [2.75, 3.05) is 13.2 Å².